The zero-order valence-electron chi connectivity index (χ0n) is 19.8. The van der Waals surface area contributed by atoms with Crippen LogP contribution in [0.15, 0.2) is 59.1 Å². The first-order valence-corrected chi connectivity index (χ1v) is 12.9. The Balaban J connectivity index is 1.28. The molecule has 6 rings (SSSR count). The minimum Gasteiger partial charge on any atom is -0.371 e. The Morgan fingerprint density at radius 1 is 0.971 bits per heavy atom. The molecule has 0 spiro atoms. The van der Waals surface area contributed by atoms with Gasteiger partial charge in [0.15, 0.2) is 5.78 Å². The van der Waals surface area contributed by atoms with Gasteiger partial charge in [0.2, 0.25) is 0 Å². The van der Waals surface area contributed by atoms with E-state index < -0.39 is 0 Å². The lowest BCUT2D eigenvalue weighted by atomic mass is 9.94. The van der Waals surface area contributed by atoms with Gasteiger partial charge in [-0.15, -0.1) is 0 Å². The van der Waals surface area contributed by atoms with Crippen LogP contribution in [0.25, 0.3) is 16.8 Å². The van der Waals surface area contributed by atoms with E-state index in [4.69, 9.17) is 5.73 Å². The number of fused-ring (bicyclic) bond motifs is 2. The SMILES string of the molecule is N[C@H]1CCc2cc(-c3ccc4c(c3)C(N3CC/C=C(\C(=O)C5CC5)CCC3)=CC=NC4)ccc21. The fourth-order valence-electron chi connectivity index (χ4n) is 5.74. The van der Waals surface area contributed by atoms with E-state index in [1.54, 1.807) is 0 Å². The molecule has 34 heavy (non-hydrogen) atoms. The molecule has 1 fully saturated rings. The number of rotatable bonds is 4. The van der Waals surface area contributed by atoms with E-state index in [-0.39, 0.29) is 6.04 Å². The van der Waals surface area contributed by atoms with Crippen molar-refractivity contribution in [3.05, 3.63) is 76.4 Å². The molecule has 174 valence electrons. The molecule has 4 aliphatic rings. The third-order valence-corrected chi connectivity index (χ3v) is 7.85. The Kier molecular flexibility index (Phi) is 5.70. The Labute approximate surface area is 202 Å². The van der Waals surface area contributed by atoms with Crippen molar-refractivity contribution in [1.82, 2.24) is 4.90 Å². The molecule has 4 heteroatoms. The van der Waals surface area contributed by atoms with Crippen LogP contribution in [0.1, 0.15) is 66.8 Å². The maximum atomic E-state index is 12.6. The highest BCUT2D eigenvalue weighted by Crippen LogP contribution is 2.36. The van der Waals surface area contributed by atoms with Gasteiger partial charge in [-0.1, -0.05) is 36.4 Å². The summed E-state index contributed by atoms with van der Waals surface area (Å²) in [7, 11) is 0. The highest BCUT2D eigenvalue weighted by molar-refractivity contribution is 5.98. The summed E-state index contributed by atoms with van der Waals surface area (Å²) in [4.78, 5) is 19.7. The number of aryl methyl sites for hydroxylation is 1. The summed E-state index contributed by atoms with van der Waals surface area (Å²) in [6.07, 6.45) is 13.5. The summed E-state index contributed by atoms with van der Waals surface area (Å²) in [5.74, 6) is 0.738. The topological polar surface area (TPSA) is 58.7 Å². The van der Waals surface area contributed by atoms with Crippen LogP contribution in [-0.2, 0) is 17.8 Å². The lowest BCUT2D eigenvalue weighted by molar-refractivity contribution is -0.116. The molecule has 0 aromatic heterocycles. The van der Waals surface area contributed by atoms with Crippen LogP contribution >= 0.6 is 0 Å². The number of carbonyl (C=O) groups excluding carboxylic acids is 1. The number of Topliss-reactive ketones (excluding diaryl/α,β-unsaturated/α-hetero) is 1. The third kappa shape index (κ3) is 4.16. The molecule has 0 unspecified atom stereocenters. The Morgan fingerprint density at radius 2 is 1.82 bits per heavy atom. The Morgan fingerprint density at radius 3 is 2.71 bits per heavy atom. The number of nitrogens with two attached hydrogens (primary N) is 1. The van der Waals surface area contributed by atoms with Crippen LogP contribution < -0.4 is 5.73 Å². The summed E-state index contributed by atoms with van der Waals surface area (Å²) < 4.78 is 0. The molecule has 2 aromatic carbocycles. The number of ketones is 1. The fourth-order valence-corrected chi connectivity index (χ4v) is 5.74. The molecule has 0 saturated heterocycles. The summed E-state index contributed by atoms with van der Waals surface area (Å²) in [5, 5.41) is 0. The average molecular weight is 452 g/mol. The van der Waals surface area contributed by atoms with Crippen molar-refractivity contribution < 1.29 is 4.79 Å². The van der Waals surface area contributed by atoms with Crippen LogP contribution in [0.2, 0.25) is 0 Å². The summed E-state index contributed by atoms with van der Waals surface area (Å²) in [6.45, 7) is 2.61. The molecule has 1 atom stereocenters. The molecule has 0 radical (unpaired) electrons. The van der Waals surface area contributed by atoms with Gasteiger partial charge in [0.05, 0.1) is 6.54 Å². The lowest BCUT2D eigenvalue weighted by Crippen LogP contribution is -2.27. The molecule has 0 bridgehead atoms. The van der Waals surface area contributed by atoms with Crippen LogP contribution in [0.5, 0.6) is 0 Å². The van der Waals surface area contributed by atoms with Crippen LogP contribution in [-0.4, -0.2) is 30.0 Å². The first kappa shape index (κ1) is 21.5. The normalized spacial score (nSPS) is 23.7. The fraction of sp³-hybridized carbons (Fsp3) is 0.400. The van der Waals surface area contributed by atoms with Crippen molar-refractivity contribution in [2.45, 2.75) is 57.5 Å². The summed E-state index contributed by atoms with van der Waals surface area (Å²) in [5.41, 5.74) is 16.4. The van der Waals surface area contributed by atoms with Gasteiger partial charge in [-0.2, -0.15) is 0 Å². The molecular weight excluding hydrogens is 418 g/mol. The standard InChI is InChI=1S/C30H33N3O/c31-28-12-10-24-17-22(9-11-26(24)28)23-7-8-25-19-32-14-13-29(27(25)18-23)33-15-1-3-20(4-2-16-33)30(34)21-5-6-21/h3,7-9,11,13-14,17-18,21,28H,1-2,4-6,10,12,15-16,19,31H2/b20-3-/t28-/m0/s1. The van der Waals surface area contributed by atoms with E-state index in [9.17, 15) is 4.79 Å². The number of aliphatic imine (C=N–C) groups is 1. The quantitative estimate of drug-likeness (QED) is 0.657. The van der Waals surface area contributed by atoms with Crippen molar-refractivity contribution in [2.24, 2.45) is 16.6 Å². The van der Waals surface area contributed by atoms with Crippen LogP contribution in [0, 0.1) is 5.92 Å². The Hall–Kier alpha value is -2.98. The van der Waals surface area contributed by atoms with Crippen molar-refractivity contribution in [3.63, 3.8) is 0 Å². The minimum absolute atomic E-state index is 0.184. The second kappa shape index (κ2) is 8.99. The minimum atomic E-state index is 0.184. The summed E-state index contributed by atoms with van der Waals surface area (Å²) in [6, 6.07) is 13.8. The molecule has 4 nitrogen and oxygen atoms in total. The maximum absolute atomic E-state index is 12.6. The zero-order chi connectivity index (χ0) is 23.1. The predicted octanol–water partition coefficient (Wildman–Crippen LogP) is 5.62. The second-order valence-electron chi connectivity index (χ2n) is 10.2. The monoisotopic (exact) mass is 451 g/mol. The maximum Gasteiger partial charge on any atom is 0.161 e. The first-order valence-electron chi connectivity index (χ1n) is 12.9. The van der Waals surface area contributed by atoms with Gasteiger partial charge < -0.3 is 10.6 Å². The van der Waals surface area contributed by atoms with Gasteiger partial charge in [0.25, 0.3) is 0 Å². The van der Waals surface area contributed by atoms with E-state index >= 15 is 0 Å². The van der Waals surface area contributed by atoms with Crippen molar-refractivity contribution in [2.75, 3.05) is 13.1 Å². The lowest BCUT2D eigenvalue weighted by Gasteiger charge is -2.30. The molecule has 2 heterocycles. The Bertz CT molecular complexity index is 1220. The van der Waals surface area contributed by atoms with Crippen LogP contribution in [0.3, 0.4) is 0 Å². The van der Waals surface area contributed by atoms with E-state index in [2.05, 4.69) is 58.4 Å². The molecular formula is C30H33N3O. The zero-order valence-corrected chi connectivity index (χ0v) is 19.8. The van der Waals surface area contributed by atoms with Gasteiger partial charge in [-0.3, -0.25) is 9.79 Å². The first-order chi connectivity index (χ1) is 16.7. The molecule has 2 N–H and O–H groups in total. The molecule has 2 aliphatic heterocycles. The van der Waals surface area contributed by atoms with Gasteiger partial charge in [-0.25, -0.2) is 0 Å². The van der Waals surface area contributed by atoms with Gasteiger partial charge in [-0.05, 0) is 90.5 Å². The molecule has 2 aliphatic carbocycles. The number of hydrogen-bond acceptors (Lipinski definition) is 4. The number of allylic oxidation sites excluding steroid dienone is 2. The average Bonchev–Trinajstić information content (AvgIpc) is 3.65. The predicted molar refractivity (Wildman–Crippen MR) is 139 cm³/mol. The van der Waals surface area contributed by atoms with Crippen LogP contribution in [0.4, 0.5) is 0 Å². The number of carbonyl (C=O) groups is 1. The third-order valence-electron chi connectivity index (χ3n) is 7.85. The second-order valence-corrected chi connectivity index (χ2v) is 10.2. The number of benzene rings is 2. The number of hydrogen-bond donors (Lipinski definition) is 1. The van der Waals surface area contributed by atoms with E-state index in [1.807, 2.05) is 6.21 Å². The van der Waals surface area contributed by atoms with E-state index in [0.29, 0.717) is 18.2 Å². The highest BCUT2D eigenvalue weighted by atomic mass is 16.1. The molecule has 2 aromatic rings. The van der Waals surface area contributed by atoms with Gasteiger partial charge >= 0.3 is 0 Å². The molecule has 1 saturated carbocycles. The highest BCUT2D eigenvalue weighted by Gasteiger charge is 2.31. The van der Waals surface area contributed by atoms with Gasteiger partial charge in [0, 0.05) is 42.5 Å². The largest absolute Gasteiger partial charge is 0.371 e. The molecule has 0 amide bonds. The van der Waals surface area contributed by atoms with E-state index in [1.165, 1.54) is 39.1 Å². The summed E-state index contributed by atoms with van der Waals surface area (Å²) >= 11 is 0. The number of nitrogens with zero attached hydrogens (tertiary/aromatic N) is 2. The van der Waals surface area contributed by atoms with Crippen molar-refractivity contribution in [1.29, 1.82) is 0 Å². The smallest absolute Gasteiger partial charge is 0.161 e. The van der Waals surface area contributed by atoms with Crippen molar-refractivity contribution >= 4 is 17.7 Å². The van der Waals surface area contributed by atoms with Gasteiger partial charge in [0.1, 0.15) is 0 Å². The van der Waals surface area contributed by atoms with E-state index in [0.717, 1.165) is 63.6 Å². The van der Waals surface area contributed by atoms with Crippen molar-refractivity contribution in [3.8, 4) is 11.1 Å².